The molecular formula is C26H22FN3O4S. The Morgan fingerprint density at radius 1 is 0.771 bits per heavy atom. The third-order valence-corrected chi connectivity index (χ3v) is 6.62. The fourth-order valence-electron chi connectivity index (χ4n) is 3.37. The molecule has 0 unspecified atom stereocenters. The Balaban J connectivity index is 1.31. The van der Waals surface area contributed by atoms with E-state index < -0.39 is 21.8 Å². The molecule has 3 N–H and O–H groups in total. The Kier molecular flexibility index (Phi) is 7.07. The van der Waals surface area contributed by atoms with E-state index in [1.54, 1.807) is 24.3 Å². The molecule has 0 bridgehead atoms. The maximum atomic E-state index is 12.9. The molecule has 4 aromatic rings. The molecule has 0 saturated carbocycles. The van der Waals surface area contributed by atoms with Crippen LogP contribution in [0.15, 0.2) is 95.9 Å². The first-order valence-electron chi connectivity index (χ1n) is 10.7. The van der Waals surface area contributed by atoms with Gasteiger partial charge in [-0.15, -0.1) is 0 Å². The molecule has 7 nitrogen and oxygen atoms in total. The van der Waals surface area contributed by atoms with E-state index in [-0.39, 0.29) is 29.4 Å². The van der Waals surface area contributed by atoms with Gasteiger partial charge in [-0.05, 0) is 64.9 Å². The molecule has 178 valence electrons. The Bertz CT molecular complexity index is 1470. The van der Waals surface area contributed by atoms with Crippen LogP contribution in [0.25, 0.3) is 10.8 Å². The lowest BCUT2D eigenvalue weighted by atomic mass is 10.1. The average Bonchev–Trinajstić information content (AvgIpc) is 2.87. The molecular weight excluding hydrogens is 469 g/mol. The second kappa shape index (κ2) is 10.4. The van der Waals surface area contributed by atoms with Gasteiger partial charge in [-0.2, -0.15) is 0 Å². The highest BCUT2D eigenvalue weighted by Gasteiger charge is 2.15. The third kappa shape index (κ3) is 6.21. The molecule has 9 heteroatoms. The maximum absolute atomic E-state index is 12.9. The summed E-state index contributed by atoms with van der Waals surface area (Å²) >= 11 is 0. The monoisotopic (exact) mass is 491 g/mol. The second-order valence-electron chi connectivity index (χ2n) is 7.78. The van der Waals surface area contributed by atoms with E-state index in [9.17, 15) is 22.4 Å². The zero-order valence-electron chi connectivity index (χ0n) is 18.5. The minimum Gasteiger partial charge on any atom is -0.350 e. The van der Waals surface area contributed by atoms with E-state index in [0.717, 1.165) is 16.3 Å². The van der Waals surface area contributed by atoms with E-state index in [4.69, 9.17) is 0 Å². The van der Waals surface area contributed by atoms with Gasteiger partial charge in [0.1, 0.15) is 5.82 Å². The number of anilines is 1. The summed E-state index contributed by atoms with van der Waals surface area (Å²) in [6, 6.07) is 23.9. The van der Waals surface area contributed by atoms with Crippen LogP contribution in [-0.2, 0) is 21.4 Å². The molecule has 0 radical (unpaired) electrons. The summed E-state index contributed by atoms with van der Waals surface area (Å²) in [5.74, 6) is -1.24. The molecule has 0 aliphatic heterocycles. The van der Waals surface area contributed by atoms with Gasteiger partial charge in [0.25, 0.3) is 15.9 Å². The number of benzene rings is 4. The fourth-order valence-corrected chi connectivity index (χ4v) is 4.46. The van der Waals surface area contributed by atoms with Crippen LogP contribution in [0.1, 0.15) is 15.9 Å². The SMILES string of the molecule is O=C(CNC(=O)c1ccc(NS(=O)(=O)c2ccc3ccccc3c2)cc1)NCc1ccc(F)cc1. The molecule has 0 aliphatic carbocycles. The Morgan fingerprint density at radius 3 is 2.17 bits per heavy atom. The lowest BCUT2D eigenvalue weighted by Gasteiger charge is -2.10. The first-order valence-corrected chi connectivity index (χ1v) is 12.2. The fraction of sp³-hybridized carbons (Fsp3) is 0.0769. The van der Waals surface area contributed by atoms with Crippen LogP contribution in [0.5, 0.6) is 0 Å². The average molecular weight is 492 g/mol. The van der Waals surface area contributed by atoms with Gasteiger partial charge in [0.05, 0.1) is 11.4 Å². The summed E-state index contributed by atoms with van der Waals surface area (Å²) in [4.78, 5) is 24.4. The Hall–Kier alpha value is -4.24. The number of halogens is 1. The van der Waals surface area contributed by atoms with E-state index in [1.165, 1.54) is 42.5 Å². The van der Waals surface area contributed by atoms with Crippen molar-refractivity contribution in [2.24, 2.45) is 0 Å². The molecule has 0 aliphatic rings. The zero-order valence-corrected chi connectivity index (χ0v) is 19.3. The quantitative estimate of drug-likeness (QED) is 0.349. The molecule has 2 amide bonds. The van der Waals surface area contributed by atoms with Gasteiger partial charge in [-0.3, -0.25) is 14.3 Å². The van der Waals surface area contributed by atoms with Gasteiger partial charge in [0.15, 0.2) is 0 Å². The predicted molar refractivity (Wildman–Crippen MR) is 132 cm³/mol. The number of amides is 2. The minimum atomic E-state index is -3.82. The minimum absolute atomic E-state index is 0.129. The lowest BCUT2D eigenvalue weighted by molar-refractivity contribution is -0.120. The maximum Gasteiger partial charge on any atom is 0.261 e. The number of carbonyl (C=O) groups excluding carboxylic acids is 2. The summed E-state index contributed by atoms with van der Waals surface area (Å²) in [7, 11) is -3.82. The van der Waals surface area contributed by atoms with Crippen LogP contribution in [0.3, 0.4) is 0 Å². The first-order chi connectivity index (χ1) is 16.8. The van der Waals surface area contributed by atoms with Gasteiger partial charge in [0.2, 0.25) is 5.91 Å². The van der Waals surface area contributed by atoms with Crippen LogP contribution in [-0.4, -0.2) is 26.8 Å². The molecule has 0 saturated heterocycles. The summed E-state index contributed by atoms with van der Waals surface area (Å²) in [6.45, 7) is -0.0304. The van der Waals surface area contributed by atoms with Gasteiger partial charge in [-0.1, -0.05) is 42.5 Å². The van der Waals surface area contributed by atoms with E-state index in [1.807, 2.05) is 24.3 Å². The molecule has 35 heavy (non-hydrogen) atoms. The second-order valence-corrected chi connectivity index (χ2v) is 9.46. The van der Waals surface area contributed by atoms with Crippen molar-refractivity contribution < 1.29 is 22.4 Å². The van der Waals surface area contributed by atoms with E-state index in [2.05, 4.69) is 15.4 Å². The van der Waals surface area contributed by atoms with Crippen molar-refractivity contribution in [1.82, 2.24) is 10.6 Å². The molecule has 0 heterocycles. The topological polar surface area (TPSA) is 104 Å². The molecule has 0 atom stereocenters. The smallest absolute Gasteiger partial charge is 0.261 e. The van der Waals surface area contributed by atoms with Crippen LogP contribution < -0.4 is 15.4 Å². The number of carbonyl (C=O) groups is 2. The number of rotatable bonds is 8. The van der Waals surface area contributed by atoms with Crippen molar-refractivity contribution in [3.8, 4) is 0 Å². The first kappa shape index (κ1) is 23.9. The van der Waals surface area contributed by atoms with E-state index in [0.29, 0.717) is 5.69 Å². The Labute approximate surface area is 202 Å². The van der Waals surface area contributed by atoms with Crippen LogP contribution in [0, 0.1) is 5.82 Å². The van der Waals surface area contributed by atoms with Gasteiger partial charge >= 0.3 is 0 Å². The molecule has 0 spiro atoms. The highest BCUT2D eigenvalue weighted by atomic mass is 32.2. The van der Waals surface area contributed by atoms with Gasteiger partial charge in [0, 0.05) is 17.8 Å². The Morgan fingerprint density at radius 2 is 1.46 bits per heavy atom. The van der Waals surface area contributed by atoms with Crippen molar-refractivity contribution in [2.75, 3.05) is 11.3 Å². The molecule has 0 aromatic heterocycles. The van der Waals surface area contributed by atoms with Crippen LogP contribution in [0.2, 0.25) is 0 Å². The summed E-state index contributed by atoms with van der Waals surface area (Å²) in [5.41, 5.74) is 1.30. The predicted octanol–water partition coefficient (Wildman–Crippen LogP) is 3.83. The number of nitrogens with one attached hydrogen (secondary N) is 3. The van der Waals surface area contributed by atoms with Crippen LogP contribution >= 0.6 is 0 Å². The summed E-state index contributed by atoms with van der Waals surface area (Å²) in [6.07, 6.45) is 0. The summed E-state index contributed by atoms with van der Waals surface area (Å²) < 4.78 is 41.0. The molecule has 4 aromatic carbocycles. The molecule has 4 rings (SSSR count). The lowest BCUT2D eigenvalue weighted by Crippen LogP contribution is -2.36. The van der Waals surface area contributed by atoms with Crippen molar-refractivity contribution >= 4 is 38.3 Å². The van der Waals surface area contributed by atoms with Crippen molar-refractivity contribution in [1.29, 1.82) is 0 Å². The van der Waals surface area contributed by atoms with Gasteiger partial charge in [-0.25, -0.2) is 12.8 Å². The number of hydrogen-bond donors (Lipinski definition) is 3. The van der Waals surface area contributed by atoms with Crippen LogP contribution in [0.4, 0.5) is 10.1 Å². The van der Waals surface area contributed by atoms with E-state index >= 15 is 0 Å². The van der Waals surface area contributed by atoms with Crippen molar-refractivity contribution in [3.05, 3.63) is 108 Å². The zero-order chi connectivity index (χ0) is 24.8. The number of hydrogen-bond acceptors (Lipinski definition) is 4. The number of fused-ring (bicyclic) bond motifs is 1. The van der Waals surface area contributed by atoms with Gasteiger partial charge < -0.3 is 10.6 Å². The highest BCUT2D eigenvalue weighted by Crippen LogP contribution is 2.21. The standard InChI is InChI=1S/C26H22FN3O4S/c27-22-10-5-18(6-11-22)16-28-25(31)17-29-26(32)20-7-12-23(13-8-20)30-35(33,34)24-14-9-19-3-1-2-4-21(19)15-24/h1-15,30H,16-17H2,(H,28,31)(H,29,32). The van der Waals surface area contributed by atoms with Crippen molar-refractivity contribution in [2.45, 2.75) is 11.4 Å². The number of sulfonamides is 1. The normalized spacial score (nSPS) is 11.1. The third-order valence-electron chi connectivity index (χ3n) is 5.24. The largest absolute Gasteiger partial charge is 0.350 e. The van der Waals surface area contributed by atoms with Crippen molar-refractivity contribution in [3.63, 3.8) is 0 Å². The summed E-state index contributed by atoms with van der Waals surface area (Å²) in [5, 5.41) is 6.88. The highest BCUT2D eigenvalue weighted by molar-refractivity contribution is 7.92. The molecule has 0 fully saturated rings.